The Morgan fingerprint density at radius 2 is 2.31 bits per heavy atom. The number of rotatable bonds is 3. The maximum Gasteiger partial charge on any atom is 0.179 e. The molecule has 0 saturated carbocycles. The van der Waals surface area contributed by atoms with Crippen molar-refractivity contribution in [2.45, 2.75) is 25.3 Å². The first-order chi connectivity index (χ1) is 7.81. The molecule has 1 aliphatic heterocycles. The number of Topliss-reactive ketones (excluding diaryl/α,β-unsaturated/α-hetero) is 1. The molecule has 3 heteroatoms. The summed E-state index contributed by atoms with van der Waals surface area (Å²) < 4.78 is 5.12. The maximum atomic E-state index is 12.1. The second kappa shape index (κ2) is 5.12. The van der Waals surface area contributed by atoms with E-state index in [1.165, 1.54) is 6.42 Å². The fourth-order valence-electron chi connectivity index (χ4n) is 2.05. The molecule has 1 atom stereocenters. The average Bonchev–Trinajstić information content (AvgIpc) is 2.39. The number of hydrogen-bond acceptors (Lipinski definition) is 3. The summed E-state index contributed by atoms with van der Waals surface area (Å²) in [6.45, 7) is 0.945. The van der Waals surface area contributed by atoms with Gasteiger partial charge in [0.25, 0.3) is 0 Å². The maximum absolute atomic E-state index is 12.1. The zero-order chi connectivity index (χ0) is 11.4. The Bertz CT molecular complexity index is 370. The molecule has 1 aliphatic rings. The summed E-state index contributed by atoms with van der Waals surface area (Å²) in [4.78, 5) is 12.1. The lowest BCUT2D eigenvalue weighted by molar-refractivity contribution is 0.0927. The third kappa shape index (κ3) is 2.42. The van der Waals surface area contributed by atoms with Gasteiger partial charge in [0.05, 0.1) is 13.2 Å². The monoisotopic (exact) mass is 219 g/mol. The summed E-state index contributed by atoms with van der Waals surface area (Å²) in [7, 11) is 1.61. The first-order valence-corrected chi connectivity index (χ1v) is 5.73. The average molecular weight is 219 g/mol. The number of piperidine rings is 1. The molecule has 0 aliphatic carbocycles. The number of ether oxygens (including phenoxy) is 1. The number of ketones is 1. The van der Waals surface area contributed by atoms with E-state index in [1.54, 1.807) is 13.2 Å². The van der Waals surface area contributed by atoms with Crippen LogP contribution in [0, 0.1) is 0 Å². The standard InChI is InChI=1S/C13H17NO2/c1-16-11-6-4-5-10(9-11)13(15)12-7-2-3-8-14-12/h4-6,9,12,14H,2-3,7-8H2,1H3/t12-/m0/s1. The van der Waals surface area contributed by atoms with E-state index in [-0.39, 0.29) is 11.8 Å². The van der Waals surface area contributed by atoms with Gasteiger partial charge in [0.15, 0.2) is 5.78 Å². The van der Waals surface area contributed by atoms with Crippen molar-refractivity contribution in [1.82, 2.24) is 5.32 Å². The summed E-state index contributed by atoms with van der Waals surface area (Å²) >= 11 is 0. The van der Waals surface area contributed by atoms with Crippen LogP contribution >= 0.6 is 0 Å². The molecular weight excluding hydrogens is 202 g/mol. The van der Waals surface area contributed by atoms with Crippen molar-refractivity contribution in [3.8, 4) is 5.75 Å². The van der Waals surface area contributed by atoms with E-state index in [2.05, 4.69) is 5.32 Å². The van der Waals surface area contributed by atoms with Gasteiger partial charge in [-0.25, -0.2) is 0 Å². The lowest BCUT2D eigenvalue weighted by Gasteiger charge is -2.22. The van der Waals surface area contributed by atoms with Crippen molar-refractivity contribution >= 4 is 5.78 Å². The van der Waals surface area contributed by atoms with Crippen molar-refractivity contribution in [1.29, 1.82) is 0 Å². The Balaban J connectivity index is 2.12. The highest BCUT2D eigenvalue weighted by Gasteiger charge is 2.21. The highest BCUT2D eigenvalue weighted by atomic mass is 16.5. The largest absolute Gasteiger partial charge is 0.497 e. The number of carbonyl (C=O) groups excluding carboxylic acids is 1. The van der Waals surface area contributed by atoms with Gasteiger partial charge >= 0.3 is 0 Å². The van der Waals surface area contributed by atoms with E-state index in [1.807, 2.05) is 18.2 Å². The summed E-state index contributed by atoms with van der Waals surface area (Å²) in [5.74, 6) is 0.917. The number of methoxy groups -OCH3 is 1. The van der Waals surface area contributed by atoms with Gasteiger partial charge in [-0.1, -0.05) is 18.6 Å². The van der Waals surface area contributed by atoms with Crippen LogP contribution in [0.15, 0.2) is 24.3 Å². The van der Waals surface area contributed by atoms with Crippen LogP contribution in [0.3, 0.4) is 0 Å². The molecule has 0 aromatic heterocycles. The fraction of sp³-hybridized carbons (Fsp3) is 0.462. The van der Waals surface area contributed by atoms with E-state index >= 15 is 0 Å². The van der Waals surface area contributed by atoms with E-state index < -0.39 is 0 Å². The van der Waals surface area contributed by atoms with Crippen LogP contribution < -0.4 is 10.1 Å². The van der Waals surface area contributed by atoms with Crippen LogP contribution in [0.1, 0.15) is 29.6 Å². The predicted octanol–water partition coefficient (Wildman–Crippen LogP) is 2.02. The molecule has 0 amide bonds. The minimum Gasteiger partial charge on any atom is -0.497 e. The van der Waals surface area contributed by atoms with Crippen molar-refractivity contribution < 1.29 is 9.53 Å². The molecule has 3 nitrogen and oxygen atoms in total. The number of hydrogen-bond donors (Lipinski definition) is 1. The minimum absolute atomic E-state index is 0.0131. The van der Waals surface area contributed by atoms with E-state index in [0.717, 1.165) is 30.7 Å². The van der Waals surface area contributed by atoms with Gasteiger partial charge in [-0.05, 0) is 31.5 Å². The van der Waals surface area contributed by atoms with Crippen LogP contribution in [0.2, 0.25) is 0 Å². The molecule has 0 radical (unpaired) electrons. The van der Waals surface area contributed by atoms with Gasteiger partial charge in [-0.15, -0.1) is 0 Å². The molecule has 1 fully saturated rings. The lowest BCUT2D eigenvalue weighted by Crippen LogP contribution is -2.40. The van der Waals surface area contributed by atoms with Crippen molar-refractivity contribution in [2.75, 3.05) is 13.7 Å². The van der Waals surface area contributed by atoms with Gasteiger partial charge in [-0.2, -0.15) is 0 Å². The van der Waals surface area contributed by atoms with Crippen LogP contribution in [0.5, 0.6) is 5.75 Å². The van der Waals surface area contributed by atoms with Crippen molar-refractivity contribution in [3.63, 3.8) is 0 Å². The lowest BCUT2D eigenvalue weighted by atomic mass is 9.96. The van der Waals surface area contributed by atoms with Gasteiger partial charge in [-0.3, -0.25) is 4.79 Å². The molecule has 1 heterocycles. The second-order valence-corrected chi connectivity index (χ2v) is 4.10. The van der Waals surface area contributed by atoms with Crippen molar-refractivity contribution in [3.05, 3.63) is 29.8 Å². The Kier molecular flexibility index (Phi) is 3.57. The van der Waals surface area contributed by atoms with Crippen LogP contribution in [-0.4, -0.2) is 25.5 Å². The first kappa shape index (κ1) is 11.1. The SMILES string of the molecule is COc1cccc(C(=O)[C@@H]2CCCCN2)c1. The third-order valence-electron chi connectivity index (χ3n) is 2.98. The Morgan fingerprint density at radius 3 is 3.00 bits per heavy atom. The van der Waals surface area contributed by atoms with Crippen molar-refractivity contribution in [2.24, 2.45) is 0 Å². The Morgan fingerprint density at radius 1 is 1.44 bits per heavy atom. The third-order valence-corrected chi connectivity index (χ3v) is 2.98. The van der Waals surface area contributed by atoms with E-state index in [9.17, 15) is 4.79 Å². The smallest absolute Gasteiger partial charge is 0.179 e. The molecule has 1 N–H and O–H groups in total. The highest BCUT2D eigenvalue weighted by molar-refractivity contribution is 6.00. The molecule has 1 aromatic rings. The van der Waals surface area contributed by atoms with Gasteiger partial charge < -0.3 is 10.1 Å². The second-order valence-electron chi connectivity index (χ2n) is 4.10. The molecule has 1 saturated heterocycles. The molecule has 0 spiro atoms. The number of benzene rings is 1. The van der Waals surface area contributed by atoms with Crippen LogP contribution in [0.4, 0.5) is 0 Å². The summed E-state index contributed by atoms with van der Waals surface area (Å²) in [5, 5.41) is 3.26. The quantitative estimate of drug-likeness (QED) is 0.790. The Labute approximate surface area is 95.8 Å². The van der Waals surface area contributed by atoms with Gasteiger partial charge in [0.1, 0.15) is 5.75 Å². The van der Waals surface area contributed by atoms with E-state index in [0.29, 0.717) is 0 Å². The summed E-state index contributed by atoms with van der Waals surface area (Å²) in [6, 6.07) is 7.35. The molecule has 86 valence electrons. The predicted molar refractivity (Wildman–Crippen MR) is 63.0 cm³/mol. The van der Waals surface area contributed by atoms with Crippen LogP contribution in [-0.2, 0) is 0 Å². The number of nitrogens with one attached hydrogen (secondary N) is 1. The topological polar surface area (TPSA) is 38.3 Å². The minimum atomic E-state index is -0.0131. The molecular formula is C13H17NO2. The fourth-order valence-corrected chi connectivity index (χ4v) is 2.05. The van der Waals surface area contributed by atoms with Gasteiger partial charge in [0.2, 0.25) is 0 Å². The molecule has 1 aromatic carbocycles. The van der Waals surface area contributed by atoms with E-state index in [4.69, 9.17) is 4.74 Å². The normalized spacial score (nSPS) is 20.4. The highest BCUT2D eigenvalue weighted by Crippen LogP contribution is 2.17. The zero-order valence-electron chi connectivity index (χ0n) is 9.53. The van der Waals surface area contributed by atoms with Crippen LogP contribution in [0.25, 0.3) is 0 Å². The molecule has 0 bridgehead atoms. The summed E-state index contributed by atoms with van der Waals surface area (Å²) in [5.41, 5.74) is 0.735. The zero-order valence-corrected chi connectivity index (χ0v) is 9.53. The molecule has 0 unspecified atom stereocenters. The molecule has 16 heavy (non-hydrogen) atoms. The van der Waals surface area contributed by atoms with Gasteiger partial charge in [0, 0.05) is 5.56 Å². The number of carbonyl (C=O) groups is 1. The first-order valence-electron chi connectivity index (χ1n) is 5.73. The summed E-state index contributed by atoms with van der Waals surface area (Å²) in [6.07, 6.45) is 3.24. The molecule has 2 rings (SSSR count). The Hall–Kier alpha value is -1.35.